The first-order chi connectivity index (χ1) is 8.69. The maximum Gasteiger partial charge on any atom is 0.126 e. The maximum atomic E-state index is 10.1. The van der Waals surface area contributed by atoms with Gasteiger partial charge in [-0.15, -0.1) is 0 Å². The van der Waals surface area contributed by atoms with Crippen molar-refractivity contribution in [2.45, 2.75) is 52.2 Å². The molecule has 1 rings (SSSR count). The third-order valence-electron chi connectivity index (χ3n) is 4.22. The quantitative estimate of drug-likeness (QED) is 0.753. The lowest BCUT2D eigenvalue weighted by molar-refractivity contribution is -0.873. The van der Waals surface area contributed by atoms with E-state index in [0.29, 0.717) is 24.5 Å². The molecule has 3 nitrogen and oxygen atoms in total. The Balaban J connectivity index is 2.44. The number of nitrogens with zero attached hydrogens (tertiary/aromatic N) is 1. The van der Waals surface area contributed by atoms with Crippen molar-refractivity contribution in [3.8, 4) is 0 Å². The summed E-state index contributed by atoms with van der Waals surface area (Å²) in [4.78, 5) is 0. The Hall–Kier alpha value is -0.120. The normalized spacial score (nSPS) is 30.6. The number of ether oxygens (including phenoxy) is 1. The van der Waals surface area contributed by atoms with Gasteiger partial charge in [-0.3, -0.25) is 0 Å². The molecule has 1 N–H and O–H groups in total. The molecule has 1 aliphatic rings. The second-order valence-corrected chi connectivity index (χ2v) is 7.82. The zero-order chi connectivity index (χ0) is 14.6. The van der Waals surface area contributed by atoms with Crippen LogP contribution in [-0.2, 0) is 4.74 Å². The molecular formula is C16H34NO2+. The summed E-state index contributed by atoms with van der Waals surface area (Å²) in [6, 6.07) is 0. The van der Waals surface area contributed by atoms with E-state index >= 15 is 0 Å². The average molecular weight is 272 g/mol. The number of aliphatic hydroxyl groups excluding tert-OH is 1. The van der Waals surface area contributed by atoms with Crippen LogP contribution in [0.5, 0.6) is 0 Å². The Morgan fingerprint density at radius 3 is 2.37 bits per heavy atom. The summed E-state index contributed by atoms with van der Waals surface area (Å²) in [5.41, 5.74) is 0. The molecule has 4 atom stereocenters. The fourth-order valence-electron chi connectivity index (χ4n) is 3.23. The lowest BCUT2D eigenvalue weighted by Crippen LogP contribution is -2.44. The fraction of sp³-hybridized carbons (Fsp3) is 1.00. The van der Waals surface area contributed by atoms with Gasteiger partial charge in [0.1, 0.15) is 12.6 Å². The first-order valence-electron chi connectivity index (χ1n) is 7.79. The fourth-order valence-corrected chi connectivity index (χ4v) is 3.23. The molecule has 0 aromatic heterocycles. The van der Waals surface area contributed by atoms with Crippen LogP contribution in [0.3, 0.4) is 0 Å². The first kappa shape index (κ1) is 16.9. The van der Waals surface area contributed by atoms with Crippen molar-refractivity contribution in [2.24, 2.45) is 17.8 Å². The molecule has 1 saturated carbocycles. The number of aliphatic hydroxyl groups is 1. The van der Waals surface area contributed by atoms with Crippen LogP contribution in [-0.4, -0.2) is 56.1 Å². The van der Waals surface area contributed by atoms with Gasteiger partial charge in [-0.25, -0.2) is 0 Å². The van der Waals surface area contributed by atoms with Crippen LogP contribution in [0.25, 0.3) is 0 Å². The second-order valence-electron chi connectivity index (χ2n) is 7.82. The van der Waals surface area contributed by atoms with Gasteiger partial charge in [-0.1, -0.05) is 27.2 Å². The minimum atomic E-state index is -0.356. The minimum absolute atomic E-state index is 0.339. The van der Waals surface area contributed by atoms with E-state index in [0.717, 1.165) is 23.4 Å². The molecule has 0 aromatic carbocycles. The van der Waals surface area contributed by atoms with E-state index in [-0.39, 0.29) is 6.10 Å². The summed E-state index contributed by atoms with van der Waals surface area (Å²) < 4.78 is 6.85. The van der Waals surface area contributed by atoms with Gasteiger partial charge in [0.25, 0.3) is 0 Å². The SMILES string of the molecule is CC(C)[C@H]1CC[C@@H](C)C[C@H]1OC[C@H](O)C[N+](C)(C)C. The topological polar surface area (TPSA) is 29.5 Å². The van der Waals surface area contributed by atoms with E-state index in [2.05, 4.69) is 41.9 Å². The van der Waals surface area contributed by atoms with Crippen LogP contribution in [0.4, 0.5) is 0 Å². The van der Waals surface area contributed by atoms with Gasteiger partial charge in [0.15, 0.2) is 0 Å². The lowest BCUT2D eigenvalue weighted by atomic mass is 9.75. The smallest absolute Gasteiger partial charge is 0.126 e. The van der Waals surface area contributed by atoms with E-state index in [1.165, 1.54) is 12.8 Å². The van der Waals surface area contributed by atoms with Gasteiger partial charge in [0, 0.05) is 0 Å². The summed E-state index contributed by atoms with van der Waals surface area (Å²) in [6.07, 6.45) is 3.73. The predicted molar refractivity (Wildman–Crippen MR) is 80.0 cm³/mol. The highest BCUT2D eigenvalue weighted by molar-refractivity contribution is 4.81. The molecular weight excluding hydrogens is 238 g/mol. The number of rotatable bonds is 6. The minimum Gasteiger partial charge on any atom is -0.385 e. The Morgan fingerprint density at radius 2 is 1.84 bits per heavy atom. The molecule has 19 heavy (non-hydrogen) atoms. The highest BCUT2D eigenvalue weighted by Crippen LogP contribution is 2.35. The molecule has 0 saturated heterocycles. The lowest BCUT2D eigenvalue weighted by Gasteiger charge is -2.37. The molecule has 114 valence electrons. The van der Waals surface area contributed by atoms with Crippen molar-refractivity contribution in [2.75, 3.05) is 34.3 Å². The van der Waals surface area contributed by atoms with Gasteiger partial charge in [-0.05, 0) is 30.6 Å². The number of quaternary nitrogens is 1. The number of hydrogen-bond acceptors (Lipinski definition) is 2. The van der Waals surface area contributed by atoms with Crippen molar-refractivity contribution < 1.29 is 14.3 Å². The van der Waals surface area contributed by atoms with Gasteiger partial charge < -0.3 is 14.3 Å². The molecule has 0 spiro atoms. The predicted octanol–water partition coefficient (Wildman–Crippen LogP) is 2.53. The highest BCUT2D eigenvalue weighted by atomic mass is 16.5. The van der Waals surface area contributed by atoms with Gasteiger partial charge in [0.2, 0.25) is 0 Å². The van der Waals surface area contributed by atoms with Gasteiger partial charge >= 0.3 is 0 Å². The van der Waals surface area contributed by atoms with Crippen molar-refractivity contribution in [3.63, 3.8) is 0 Å². The first-order valence-corrected chi connectivity index (χ1v) is 7.79. The standard InChI is InChI=1S/C16H34NO2/c1-12(2)15-8-7-13(3)9-16(15)19-11-14(18)10-17(4,5)6/h12-16,18H,7-11H2,1-6H3/q+1/t13-,14-,15-,16-/m1/s1. The number of likely N-dealkylation sites (N-methyl/N-ethyl adjacent to an activating group) is 1. The van der Waals surface area contributed by atoms with E-state index in [4.69, 9.17) is 4.74 Å². The van der Waals surface area contributed by atoms with Crippen LogP contribution >= 0.6 is 0 Å². The summed E-state index contributed by atoms with van der Waals surface area (Å²) in [6.45, 7) is 8.12. The third-order valence-corrected chi connectivity index (χ3v) is 4.22. The van der Waals surface area contributed by atoms with Crippen molar-refractivity contribution in [1.29, 1.82) is 0 Å². The molecule has 1 fully saturated rings. The monoisotopic (exact) mass is 272 g/mol. The van der Waals surface area contributed by atoms with Crippen molar-refractivity contribution in [1.82, 2.24) is 0 Å². The molecule has 0 aliphatic heterocycles. The molecule has 0 bridgehead atoms. The van der Waals surface area contributed by atoms with Crippen LogP contribution in [0.2, 0.25) is 0 Å². The second kappa shape index (κ2) is 7.05. The largest absolute Gasteiger partial charge is 0.385 e. The molecule has 0 radical (unpaired) electrons. The maximum absolute atomic E-state index is 10.1. The molecule has 0 amide bonds. The molecule has 3 heteroatoms. The summed E-state index contributed by atoms with van der Waals surface area (Å²) in [5.74, 6) is 2.09. The van der Waals surface area contributed by atoms with Crippen LogP contribution < -0.4 is 0 Å². The van der Waals surface area contributed by atoms with E-state index < -0.39 is 0 Å². The van der Waals surface area contributed by atoms with Crippen LogP contribution in [0.1, 0.15) is 40.0 Å². The average Bonchev–Trinajstić information content (AvgIpc) is 2.23. The zero-order valence-electron chi connectivity index (χ0n) is 13.7. The number of hydrogen-bond donors (Lipinski definition) is 1. The Kier molecular flexibility index (Phi) is 6.28. The van der Waals surface area contributed by atoms with E-state index in [9.17, 15) is 5.11 Å². The van der Waals surface area contributed by atoms with Crippen molar-refractivity contribution in [3.05, 3.63) is 0 Å². The van der Waals surface area contributed by atoms with E-state index in [1.54, 1.807) is 0 Å². The van der Waals surface area contributed by atoms with Crippen LogP contribution in [0, 0.1) is 17.8 Å². The molecule has 0 heterocycles. The highest BCUT2D eigenvalue weighted by Gasteiger charge is 2.32. The Morgan fingerprint density at radius 1 is 1.21 bits per heavy atom. The molecule has 0 aromatic rings. The third kappa shape index (κ3) is 6.24. The Labute approximate surface area is 119 Å². The summed E-state index contributed by atoms with van der Waals surface area (Å²) in [7, 11) is 6.30. The molecule has 0 unspecified atom stereocenters. The van der Waals surface area contributed by atoms with Crippen molar-refractivity contribution >= 4 is 0 Å². The zero-order valence-corrected chi connectivity index (χ0v) is 13.7. The summed E-state index contributed by atoms with van der Waals surface area (Å²) in [5, 5.41) is 10.1. The Bertz CT molecular complexity index is 260. The summed E-state index contributed by atoms with van der Waals surface area (Å²) >= 11 is 0. The van der Waals surface area contributed by atoms with Gasteiger partial charge in [-0.2, -0.15) is 0 Å². The van der Waals surface area contributed by atoms with Gasteiger partial charge in [0.05, 0.1) is 33.9 Å². The molecule has 1 aliphatic carbocycles. The van der Waals surface area contributed by atoms with Crippen LogP contribution in [0.15, 0.2) is 0 Å². The van der Waals surface area contributed by atoms with E-state index in [1.807, 2.05) is 0 Å².